The molecule has 8 heteroatoms. The summed E-state index contributed by atoms with van der Waals surface area (Å²) in [6, 6.07) is 9.88. The molecule has 4 heterocycles. The van der Waals surface area contributed by atoms with Crippen molar-refractivity contribution in [1.29, 1.82) is 0 Å². The first-order valence-electron chi connectivity index (χ1n) is 9.98. The van der Waals surface area contributed by atoms with Crippen LogP contribution in [0.4, 0.5) is 17.2 Å². The summed E-state index contributed by atoms with van der Waals surface area (Å²) in [7, 11) is 0. The molecule has 1 aromatic carbocycles. The highest BCUT2D eigenvalue weighted by Gasteiger charge is 2.33. The summed E-state index contributed by atoms with van der Waals surface area (Å²) in [5, 5.41) is 6.16. The maximum atomic E-state index is 13.1. The number of anilines is 3. The number of nitrogens with zero attached hydrogens (tertiary/aromatic N) is 4. The molecule has 2 aliphatic heterocycles. The lowest BCUT2D eigenvalue weighted by Crippen LogP contribution is -2.40. The quantitative estimate of drug-likeness (QED) is 0.714. The minimum Gasteiger partial charge on any atom is -0.378 e. The molecule has 150 valence electrons. The van der Waals surface area contributed by atoms with E-state index in [-0.39, 0.29) is 11.9 Å². The molecule has 1 unspecified atom stereocenters. The number of fused-ring (bicyclic) bond motifs is 1. The average molecular weight is 410 g/mol. The standard InChI is InChI=1S/C21H23N5O2S/c27-20(24-15-3-1-4-16(13-15)25-8-10-28-11-9-25)18-5-2-7-26(18)19-17-6-12-29-21(17)23-14-22-19/h1,3-4,6,12-14,18H,2,5,7-11H2,(H,24,27). The zero-order valence-corrected chi connectivity index (χ0v) is 16.9. The number of thiophene rings is 1. The van der Waals surface area contributed by atoms with E-state index in [1.807, 2.05) is 29.6 Å². The molecule has 0 saturated carbocycles. The van der Waals surface area contributed by atoms with Crippen LogP contribution in [-0.4, -0.2) is 54.8 Å². The molecule has 29 heavy (non-hydrogen) atoms. The summed E-state index contributed by atoms with van der Waals surface area (Å²) < 4.78 is 5.44. The Bertz CT molecular complexity index is 1020. The van der Waals surface area contributed by atoms with Crippen molar-refractivity contribution >= 4 is 44.7 Å². The van der Waals surface area contributed by atoms with Crippen LogP contribution in [0, 0.1) is 0 Å². The molecule has 0 bridgehead atoms. The van der Waals surface area contributed by atoms with Gasteiger partial charge in [0.05, 0.1) is 18.6 Å². The number of aromatic nitrogens is 2. The van der Waals surface area contributed by atoms with Crippen LogP contribution < -0.4 is 15.1 Å². The van der Waals surface area contributed by atoms with E-state index in [4.69, 9.17) is 4.74 Å². The van der Waals surface area contributed by atoms with Gasteiger partial charge >= 0.3 is 0 Å². The van der Waals surface area contributed by atoms with E-state index >= 15 is 0 Å². The van der Waals surface area contributed by atoms with E-state index in [2.05, 4.69) is 31.2 Å². The highest BCUT2D eigenvalue weighted by atomic mass is 32.1. The van der Waals surface area contributed by atoms with Crippen LogP contribution in [-0.2, 0) is 9.53 Å². The van der Waals surface area contributed by atoms with Gasteiger partial charge in [0.15, 0.2) is 0 Å². The van der Waals surface area contributed by atoms with Crippen molar-refractivity contribution in [3.63, 3.8) is 0 Å². The van der Waals surface area contributed by atoms with Gasteiger partial charge in [0.25, 0.3) is 0 Å². The predicted molar refractivity (Wildman–Crippen MR) is 116 cm³/mol. The summed E-state index contributed by atoms with van der Waals surface area (Å²) in [5.41, 5.74) is 1.94. The highest BCUT2D eigenvalue weighted by molar-refractivity contribution is 7.16. The molecule has 2 fully saturated rings. The minimum atomic E-state index is -0.222. The third kappa shape index (κ3) is 3.65. The Morgan fingerprint density at radius 1 is 1.17 bits per heavy atom. The number of morpholine rings is 1. The number of carbonyl (C=O) groups is 1. The molecule has 1 amide bonds. The van der Waals surface area contributed by atoms with Gasteiger partial charge < -0.3 is 19.9 Å². The fourth-order valence-electron chi connectivity index (χ4n) is 4.13. The van der Waals surface area contributed by atoms with Crippen molar-refractivity contribution in [2.75, 3.05) is 48.0 Å². The van der Waals surface area contributed by atoms with E-state index in [1.54, 1.807) is 17.7 Å². The molecule has 0 aliphatic carbocycles. The molecule has 1 N–H and O–H groups in total. The van der Waals surface area contributed by atoms with Crippen molar-refractivity contribution in [3.8, 4) is 0 Å². The number of carbonyl (C=O) groups excluding carboxylic acids is 1. The van der Waals surface area contributed by atoms with Crippen LogP contribution in [0.1, 0.15) is 12.8 Å². The van der Waals surface area contributed by atoms with Gasteiger partial charge in [-0.15, -0.1) is 11.3 Å². The smallest absolute Gasteiger partial charge is 0.247 e. The van der Waals surface area contributed by atoms with Crippen molar-refractivity contribution in [1.82, 2.24) is 9.97 Å². The Hall–Kier alpha value is -2.71. The zero-order valence-electron chi connectivity index (χ0n) is 16.1. The number of ether oxygens (including phenoxy) is 1. The van der Waals surface area contributed by atoms with Crippen LogP contribution in [0.15, 0.2) is 42.0 Å². The monoisotopic (exact) mass is 409 g/mol. The van der Waals surface area contributed by atoms with Gasteiger partial charge in [-0.3, -0.25) is 4.79 Å². The molecular formula is C21H23N5O2S. The lowest BCUT2D eigenvalue weighted by atomic mass is 10.2. The molecule has 1 atom stereocenters. The normalized spacial score (nSPS) is 19.7. The largest absolute Gasteiger partial charge is 0.378 e. The van der Waals surface area contributed by atoms with Gasteiger partial charge in [-0.1, -0.05) is 6.07 Å². The van der Waals surface area contributed by atoms with Gasteiger partial charge in [0, 0.05) is 31.0 Å². The SMILES string of the molecule is O=C(Nc1cccc(N2CCOCC2)c1)C1CCCN1c1ncnc2sccc12. The lowest BCUT2D eigenvalue weighted by molar-refractivity contribution is -0.117. The molecule has 0 spiro atoms. The summed E-state index contributed by atoms with van der Waals surface area (Å²) in [6.07, 6.45) is 3.39. The molecule has 2 aliphatic rings. The summed E-state index contributed by atoms with van der Waals surface area (Å²) in [4.78, 5) is 27.3. The molecule has 3 aromatic rings. The Morgan fingerprint density at radius 3 is 2.97 bits per heavy atom. The molecule has 2 aromatic heterocycles. The topological polar surface area (TPSA) is 70.6 Å². The van der Waals surface area contributed by atoms with Crippen LogP contribution in [0.3, 0.4) is 0 Å². The van der Waals surface area contributed by atoms with Crippen molar-refractivity contribution in [3.05, 3.63) is 42.0 Å². The fourth-order valence-corrected chi connectivity index (χ4v) is 4.85. The maximum absolute atomic E-state index is 13.1. The first kappa shape index (κ1) is 18.3. The van der Waals surface area contributed by atoms with Gasteiger partial charge in [-0.2, -0.15) is 0 Å². The van der Waals surface area contributed by atoms with Gasteiger partial charge in [0.1, 0.15) is 23.0 Å². The van der Waals surface area contributed by atoms with Crippen LogP contribution in [0.2, 0.25) is 0 Å². The zero-order chi connectivity index (χ0) is 19.6. The molecule has 7 nitrogen and oxygen atoms in total. The number of amides is 1. The maximum Gasteiger partial charge on any atom is 0.247 e. The Kier molecular flexibility index (Phi) is 5.03. The predicted octanol–water partition coefficient (Wildman–Crippen LogP) is 3.14. The van der Waals surface area contributed by atoms with Gasteiger partial charge in [-0.05, 0) is 42.5 Å². The molecule has 0 radical (unpaired) electrons. The van der Waals surface area contributed by atoms with E-state index in [0.717, 1.165) is 73.1 Å². The second kappa shape index (κ2) is 7.96. The third-order valence-corrected chi connectivity index (χ3v) is 6.38. The fraction of sp³-hybridized carbons (Fsp3) is 0.381. The van der Waals surface area contributed by atoms with Crippen molar-refractivity contribution in [2.24, 2.45) is 0 Å². The number of nitrogens with one attached hydrogen (secondary N) is 1. The Labute approximate surface area is 173 Å². The number of hydrogen-bond acceptors (Lipinski definition) is 7. The van der Waals surface area contributed by atoms with Gasteiger partial charge in [-0.25, -0.2) is 9.97 Å². The first-order valence-corrected chi connectivity index (χ1v) is 10.9. The molecule has 2 saturated heterocycles. The van der Waals surface area contributed by atoms with Crippen LogP contribution in [0.25, 0.3) is 10.2 Å². The van der Waals surface area contributed by atoms with Crippen LogP contribution in [0.5, 0.6) is 0 Å². The number of rotatable bonds is 4. The van der Waals surface area contributed by atoms with E-state index in [9.17, 15) is 4.79 Å². The lowest BCUT2D eigenvalue weighted by Gasteiger charge is -2.29. The number of benzene rings is 1. The molecule has 5 rings (SSSR count). The van der Waals surface area contributed by atoms with E-state index in [0.29, 0.717) is 0 Å². The van der Waals surface area contributed by atoms with Crippen LogP contribution >= 0.6 is 11.3 Å². The third-order valence-electron chi connectivity index (χ3n) is 5.56. The Morgan fingerprint density at radius 2 is 2.07 bits per heavy atom. The Balaban J connectivity index is 1.34. The second-order valence-corrected chi connectivity index (χ2v) is 8.22. The summed E-state index contributed by atoms with van der Waals surface area (Å²) in [5.74, 6) is 0.875. The highest BCUT2D eigenvalue weighted by Crippen LogP contribution is 2.32. The number of hydrogen-bond donors (Lipinski definition) is 1. The van der Waals surface area contributed by atoms with Crippen molar-refractivity contribution < 1.29 is 9.53 Å². The average Bonchev–Trinajstić information content (AvgIpc) is 3.44. The second-order valence-electron chi connectivity index (χ2n) is 7.33. The first-order chi connectivity index (χ1) is 14.3. The van der Waals surface area contributed by atoms with E-state index in [1.165, 1.54) is 0 Å². The van der Waals surface area contributed by atoms with E-state index < -0.39 is 0 Å². The summed E-state index contributed by atoms with van der Waals surface area (Å²) in [6.45, 7) is 4.05. The van der Waals surface area contributed by atoms with Gasteiger partial charge in [0.2, 0.25) is 5.91 Å². The summed E-state index contributed by atoms with van der Waals surface area (Å²) >= 11 is 1.60. The molecular weight excluding hydrogens is 386 g/mol. The minimum absolute atomic E-state index is 0.0172. The van der Waals surface area contributed by atoms with Crippen molar-refractivity contribution in [2.45, 2.75) is 18.9 Å².